The SMILES string of the molecule is CC(C)n1ccnc1NCc1ccccc1Br. The van der Waals surface area contributed by atoms with Crippen molar-refractivity contribution in [1.29, 1.82) is 0 Å². The summed E-state index contributed by atoms with van der Waals surface area (Å²) >= 11 is 3.54. The third kappa shape index (κ3) is 2.88. The fraction of sp³-hybridized carbons (Fsp3) is 0.308. The van der Waals surface area contributed by atoms with Gasteiger partial charge in [-0.15, -0.1) is 0 Å². The van der Waals surface area contributed by atoms with E-state index in [1.807, 2.05) is 30.6 Å². The fourth-order valence-electron chi connectivity index (χ4n) is 1.68. The van der Waals surface area contributed by atoms with E-state index in [0.717, 1.165) is 17.0 Å². The monoisotopic (exact) mass is 293 g/mol. The standard InChI is InChI=1S/C13H16BrN3/c1-10(2)17-8-7-15-13(17)16-9-11-5-3-4-6-12(11)14/h3-8,10H,9H2,1-2H3,(H,15,16). The third-order valence-electron chi connectivity index (χ3n) is 2.62. The quantitative estimate of drug-likeness (QED) is 0.928. The van der Waals surface area contributed by atoms with Crippen LogP contribution in [0.25, 0.3) is 0 Å². The Morgan fingerprint density at radius 1 is 1.35 bits per heavy atom. The van der Waals surface area contributed by atoms with Gasteiger partial charge in [0, 0.05) is 29.5 Å². The molecule has 3 nitrogen and oxygen atoms in total. The van der Waals surface area contributed by atoms with E-state index in [2.05, 4.69) is 50.7 Å². The zero-order valence-electron chi connectivity index (χ0n) is 10.0. The molecule has 1 heterocycles. The summed E-state index contributed by atoms with van der Waals surface area (Å²) in [5.41, 5.74) is 1.23. The number of rotatable bonds is 4. The molecule has 0 spiro atoms. The summed E-state index contributed by atoms with van der Waals surface area (Å²) in [4.78, 5) is 4.32. The van der Waals surface area contributed by atoms with Crippen LogP contribution in [0.15, 0.2) is 41.1 Å². The normalized spacial score (nSPS) is 10.8. The van der Waals surface area contributed by atoms with Crippen molar-refractivity contribution in [3.05, 3.63) is 46.7 Å². The Balaban J connectivity index is 2.08. The van der Waals surface area contributed by atoms with Crippen molar-refractivity contribution < 1.29 is 0 Å². The molecule has 0 saturated heterocycles. The molecule has 0 aliphatic heterocycles. The van der Waals surface area contributed by atoms with Gasteiger partial charge in [0.05, 0.1) is 0 Å². The first-order chi connectivity index (χ1) is 8.18. The Kier molecular flexibility index (Phi) is 3.84. The zero-order valence-corrected chi connectivity index (χ0v) is 11.6. The minimum atomic E-state index is 0.416. The van der Waals surface area contributed by atoms with E-state index in [1.165, 1.54) is 5.56 Å². The Morgan fingerprint density at radius 3 is 2.82 bits per heavy atom. The summed E-state index contributed by atoms with van der Waals surface area (Å²) in [6.07, 6.45) is 3.81. The highest BCUT2D eigenvalue weighted by Gasteiger charge is 2.05. The van der Waals surface area contributed by atoms with Crippen LogP contribution >= 0.6 is 15.9 Å². The van der Waals surface area contributed by atoms with Gasteiger partial charge in [0.25, 0.3) is 0 Å². The first kappa shape index (κ1) is 12.2. The van der Waals surface area contributed by atoms with Crippen LogP contribution in [0.3, 0.4) is 0 Å². The number of hydrogen-bond acceptors (Lipinski definition) is 2. The number of anilines is 1. The smallest absolute Gasteiger partial charge is 0.203 e. The van der Waals surface area contributed by atoms with Crippen molar-refractivity contribution in [2.45, 2.75) is 26.4 Å². The molecule has 0 fully saturated rings. The molecule has 1 N–H and O–H groups in total. The van der Waals surface area contributed by atoms with Crippen molar-refractivity contribution >= 4 is 21.9 Å². The largest absolute Gasteiger partial charge is 0.352 e. The summed E-state index contributed by atoms with van der Waals surface area (Å²) < 4.78 is 3.24. The second-order valence-corrected chi connectivity index (χ2v) is 5.05. The molecule has 0 radical (unpaired) electrons. The summed E-state index contributed by atoms with van der Waals surface area (Å²) in [7, 11) is 0. The number of hydrogen-bond donors (Lipinski definition) is 1. The van der Waals surface area contributed by atoms with Crippen molar-refractivity contribution in [3.63, 3.8) is 0 Å². The van der Waals surface area contributed by atoms with E-state index in [1.54, 1.807) is 0 Å². The molecule has 1 aromatic heterocycles. The summed E-state index contributed by atoms with van der Waals surface area (Å²) in [6.45, 7) is 5.06. The van der Waals surface area contributed by atoms with Crippen LogP contribution in [0.1, 0.15) is 25.5 Å². The van der Waals surface area contributed by atoms with Crippen molar-refractivity contribution in [1.82, 2.24) is 9.55 Å². The lowest BCUT2D eigenvalue weighted by atomic mass is 10.2. The minimum absolute atomic E-state index is 0.416. The Hall–Kier alpha value is -1.29. The second kappa shape index (κ2) is 5.36. The van der Waals surface area contributed by atoms with Gasteiger partial charge in [-0.3, -0.25) is 0 Å². The molecule has 0 amide bonds. The molecule has 0 aliphatic rings. The lowest BCUT2D eigenvalue weighted by Gasteiger charge is -2.13. The van der Waals surface area contributed by atoms with Gasteiger partial charge in [0.1, 0.15) is 0 Å². The number of halogens is 1. The Morgan fingerprint density at radius 2 is 2.12 bits per heavy atom. The number of aromatic nitrogens is 2. The second-order valence-electron chi connectivity index (χ2n) is 4.20. The molecule has 1 aromatic carbocycles. The topological polar surface area (TPSA) is 29.9 Å². The van der Waals surface area contributed by atoms with Gasteiger partial charge >= 0.3 is 0 Å². The van der Waals surface area contributed by atoms with Crippen LogP contribution in [0.4, 0.5) is 5.95 Å². The molecule has 2 rings (SSSR count). The highest BCUT2D eigenvalue weighted by Crippen LogP contribution is 2.18. The maximum Gasteiger partial charge on any atom is 0.203 e. The van der Waals surface area contributed by atoms with Gasteiger partial charge in [-0.1, -0.05) is 34.1 Å². The number of benzene rings is 1. The Labute approximate surface area is 110 Å². The van der Waals surface area contributed by atoms with Gasteiger partial charge in [-0.05, 0) is 25.5 Å². The van der Waals surface area contributed by atoms with Crippen molar-refractivity contribution in [3.8, 4) is 0 Å². The summed E-state index contributed by atoms with van der Waals surface area (Å²) in [5, 5.41) is 3.35. The van der Waals surface area contributed by atoms with Crippen molar-refractivity contribution in [2.24, 2.45) is 0 Å². The van der Waals surface area contributed by atoms with E-state index >= 15 is 0 Å². The van der Waals surface area contributed by atoms with Gasteiger partial charge < -0.3 is 9.88 Å². The predicted molar refractivity (Wildman–Crippen MR) is 74.1 cm³/mol. The first-order valence-electron chi connectivity index (χ1n) is 5.68. The van der Waals surface area contributed by atoms with Gasteiger partial charge in [0.2, 0.25) is 5.95 Å². The summed E-state index contributed by atoms with van der Waals surface area (Å²) in [6, 6.07) is 8.62. The van der Waals surface area contributed by atoms with Crippen LogP contribution in [-0.4, -0.2) is 9.55 Å². The lowest BCUT2D eigenvalue weighted by molar-refractivity contribution is 0.604. The highest BCUT2D eigenvalue weighted by atomic mass is 79.9. The predicted octanol–water partition coefficient (Wildman–Crippen LogP) is 3.84. The average molecular weight is 294 g/mol. The molecule has 2 aromatic rings. The van der Waals surface area contributed by atoms with E-state index in [4.69, 9.17) is 0 Å². The lowest BCUT2D eigenvalue weighted by Crippen LogP contribution is -2.09. The molecule has 0 bridgehead atoms. The number of nitrogens with zero attached hydrogens (tertiary/aromatic N) is 2. The maximum atomic E-state index is 4.32. The first-order valence-corrected chi connectivity index (χ1v) is 6.48. The Bertz CT molecular complexity index is 491. The average Bonchev–Trinajstić information content (AvgIpc) is 2.76. The van der Waals surface area contributed by atoms with Gasteiger partial charge in [-0.25, -0.2) is 4.98 Å². The fourth-order valence-corrected chi connectivity index (χ4v) is 2.11. The van der Waals surface area contributed by atoms with E-state index in [0.29, 0.717) is 6.04 Å². The van der Waals surface area contributed by atoms with E-state index in [9.17, 15) is 0 Å². The van der Waals surface area contributed by atoms with E-state index < -0.39 is 0 Å². The maximum absolute atomic E-state index is 4.32. The highest BCUT2D eigenvalue weighted by molar-refractivity contribution is 9.10. The van der Waals surface area contributed by atoms with Crippen LogP contribution in [0, 0.1) is 0 Å². The third-order valence-corrected chi connectivity index (χ3v) is 3.39. The zero-order chi connectivity index (χ0) is 12.3. The van der Waals surface area contributed by atoms with Crippen LogP contribution in [0.5, 0.6) is 0 Å². The molecule has 0 unspecified atom stereocenters. The van der Waals surface area contributed by atoms with Crippen molar-refractivity contribution in [2.75, 3.05) is 5.32 Å². The van der Waals surface area contributed by atoms with Crippen LogP contribution < -0.4 is 5.32 Å². The van der Waals surface area contributed by atoms with Gasteiger partial charge in [-0.2, -0.15) is 0 Å². The molecule has 90 valence electrons. The number of imidazole rings is 1. The number of nitrogens with one attached hydrogen (secondary N) is 1. The molecule has 4 heteroatoms. The molecule has 17 heavy (non-hydrogen) atoms. The summed E-state index contributed by atoms with van der Waals surface area (Å²) in [5.74, 6) is 0.913. The minimum Gasteiger partial charge on any atom is -0.352 e. The van der Waals surface area contributed by atoms with Crippen LogP contribution in [-0.2, 0) is 6.54 Å². The molecule has 0 saturated carbocycles. The molecule has 0 atom stereocenters. The molecular weight excluding hydrogens is 278 g/mol. The van der Waals surface area contributed by atoms with Crippen LogP contribution in [0.2, 0.25) is 0 Å². The van der Waals surface area contributed by atoms with E-state index in [-0.39, 0.29) is 0 Å². The van der Waals surface area contributed by atoms with Gasteiger partial charge in [0.15, 0.2) is 0 Å². The molecular formula is C13H16BrN3. The molecule has 0 aliphatic carbocycles.